The van der Waals surface area contributed by atoms with Crippen LogP contribution >= 0.6 is 0 Å². The van der Waals surface area contributed by atoms with E-state index in [0.29, 0.717) is 5.69 Å². The van der Waals surface area contributed by atoms with Crippen LogP contribution in [0.4, 0.5) is 5.69 Å². The van der Waals surface area contributed by atoms with Crippen LogP contribution in [0.15, 0.2) is 60.7 Å². The molecule has 2 N–H and O–H groups in total. The Morgan fingerprint density at radius 2 is 1.59 bits per heavy atom. The van der Waals surface area contributed by atoms with E-state index < -0.39 is 27.9 Å². The molecule has 0 unspecified atom stereocenters. The number of ketones is 1. The lowest BCUT2D eigenvalue weighted by Gasteiger charge is -2.14. The van der Waals surface area contributed by atoms with Crippen molar-refractivity contribution in [3.8, 4) is 5.75 Å². The monoisotopic (exact) mass is 413 g/mol. The highest BCUT2D eigenvalue weighted by molar-refractivity contribution is 7.92. The summed E-state index contributed by atoms with van der Waals surface area (Å²) in [5.41, 5.74) is 0.540. The molecule has 0 aliphatic rings. The number of benzene rings is 3. The van der Waals surface area contributed by atoms with Gasteiger partial charge in [0.2, 0.25) is 15.8 Å². The Kier molecular flexibility index (Phi) is 5.56. The number of phenols is 1. The summed E-state index contributed by atoms with van der Waals surface area (Å²) >= 11 is 0. The minimum Gasteiger partial charge on any atom is -0.507 e. The zero-order valence-electron chi connectivity index (χ0n) is 15.7. The number of aromatic hydroxyl groups is 1. The first-order valence-corrected chi connectivity index (χ1v) is 10.6. The van der Waals surface area contributed by atoms with Gasteiger partial charge in [0.05, 0.1) is 6.26 Å². The van der Waals surface area contributed by atoms with Crippen LogP contribution in [0.3, 0.4) is 0 Å². The SMILES string of the molecule is C[C@@H](OC(=O)c1cc2ccccc2cc1O)C(=O)c1ccc(NS(C)(=O)=O)cc1. The molecule has 29 heavy (non-hydrogen) atoms. The first-order valence-electron chi connectivity index (χ1n) is 8.69. The number of hydrogen-bond donors (Lipinski definition) is 2. The molecule has 3 aromatic rings. The first kappa shape index (κ1) is 20.3. The number of Topliss-reactive ketones (excluding diaryl/α,β-unsaturated/α-hetero) is 1. The van der Waals surface area contributed by atoms with Crippen LogP contribution in [0.5, 0.6) is 5.75 Å². The number of carbonyl (C=O) groups is 2. The molecule has 8 heteroatoms. The lowest BCUT2D eigenvalue weighted by Crippen LogP contribution is -2.24. The zero-order valence-corrected chi connectivity index (χ0v) is 16.6. The fourth-order valence-corrected chi connectivity index (χ4v) is 3.38. The maximum absolute atomic E-state index is 12.5. The summed E-state index contributed by atoms with van der Waals surface area (Å²) in [6.45, 7) is 1.43. The third-order valence-corrected chi connectivity index (χ3v) is 4.82. The van der Waals surface area contributed by atoms with Crippen LogP contribution in [-0.4, -0.2) is 37.6 Å². The van der Waals surface area contributed by atoms with Gasteiger partial charge in [-0.3, -0.25) is 9.52 Å². The van der Waals surface area contributed by atoms with Crippen molar-refractivity contribution in [1.82, 2.24) is 0 Å². The third-order valence-electron chi connectivity index (χ3n) is 4.21. The van der Waals surface area contributed by atoms with Gasteiger partial charge in [0.25, 0.3) is 0 Å². The summed E-state index contributed by atoms with van der Waals surface area (Å²) in [6.07, 6.45) is -0.0717. The van der Waals surface area contributed by atoms with Crippen molar-refractivity contribution in [2.45, 2.75) is 13.0 Å². The molecule has 3 rings (SSSR count). The van der Waals surface area contributed by atoms with Crippen molar-refractivity contribution in [2.24, 2.45) is 0 Å². The van der Waals surface area contributed by atoms with Gasteiger partial charge >= 0.3 is 5.97 Å². The van der Waals surface area contributed by atoms with Crippen LogP contribution in [-0.2, 0) is 14.8 Å². The summed E-state index contributed by atoms with van der Waals surface area (Å²) in [6, 6.07) is 16.0. The molecule has 0 aromatic heterocycles. The fourth-order valence-electron chi connectivity index (χ4n) is 2.82. The first-order chi connectivity index (χ1) is 13.6. The van der Waals surface area contributed by atoms with Gasteiger partial charge in [-0.25, -0.2) is 13.2 Å². The number of fused-ring (bicyclic) bond motifs is 1. The summed E-state index contributed by atoms with van der Waals surface area (Å²) in [5.74, 6) is -1.50. The lowest BCUT2D eigenvalue weighted by molar-refractivity contribution is 0.0316. The highest BCUT2D eigenvalue weighted by atomic mass is 32.2. The van der Waals surface area contributed by atoms with Gasteiger partial charge in [-0.15, -0.1) is 0 Å². The van der Waals surface area contributed by atoms with E-state index in [1.165, 1.54) is 43.3 Å². The predicted molar refractivity (Wildman–Crippen MR) is 110 cm³/mol. The standard InChI is InChI=1S/C21H19NO6S/c1-13(20(24)14-7-9-17(10-8-14)22-29(2,26)27)28-21(25)18-11-15-5-3-4-6-16(15)12-19(18)23/h3-13,22-23H,1-2H3/t13-/m1/s1. The van der Waals surface area contributed by atoms with E-state index in [-0.39, 0.29) is 16.9 Å². The maximum Gasteiger partial charge on any atom is 0.342 e. The Hall–Kier alpha value is -3.39. The van der Waals surface area contributed by atoms with Crippen LogP contribution in [0, 0.1) is 0 Å². The quantitative estimate of drug-likeness (QED) is 0.474. The zero-order chi connectivity index (χ0) is 21.2. The van der Waals surface area contributed by atoms with Gasteiger partial charge < -0.3 is 9.84 Å². The number of rotatable bonds is 6. The predicted octanol–water partition coefficient (Wildman–Crippen LogP) is 3.35. The average molecular weight is 413 g/mol. The molecular weight excluding hydrogens is 394 g/mol. The number of esters is 1. The number of sulfonamides is 1. The molecule has 0 radical (unpaired) electrons. The number of hydrogen-bond acceptors (Lipinski definition) is 6. The second-order valence-electron chi connectivity index (χ2n) is 6.58. The van der Waals surface area contributed by atoms with Crippen molar-refractivity contribution in [1.29, 1.82) is 0 Å². The molecule has 150 valence electrons. The van der Waals surface area contributed by atoms with Crippen molar-refractivity contribution in [3.63, 3.8) is 0 Å². The summed E-state index contributed by atoms with van der Waals surface area (Å²) < 4.78 is 30.0. The van der Waals surface area contributed by atoms with Crippen molar-refractivity contribution < 1.29 is 27.9 Å². The van der Waals surface area contributed by atoms with Crippen LogP contribution in [0.2, 0.25) is 0 Å². The molecule has 0 amide bonds. The van der Waals surface area contributed by atoms with Crippen molar-refractivity contribution >= 4 is 38.2 Å². The Morgan fingerprint density at radius 1 is 1.00 bits per heavy atom. The molecule has 0 saturated carbocycles. The molecule has 7 nitrogen and oxygen atoms in total. The van der Waals surface area contributed by atoms with Gasteiger partial charge in [-0.2, -0.15) is 0 Å². The van der Waals surface area contributed by atoms with E-state index in [1.54, 1.807) is 12.1 Å². The van der Waals surface area contributed by atoms with E-state index in [4.69, 9.17) is 4.74 Å². The average Bonchev–Trinajstić information content (AvgIpc) is 2.66. The maximum atomic E-state index is 12.5. The Labute approximate surface area is 168 Å². The van der Waals surface area contributed by atoms with Crippen LogP contribution < -0.4 is 4.72 Å². The third kappa shape index (κ3) is 4.91. The number of carbonyl (C=O) groups excluding carboxylic acids is 2. The summed E-state index contributed by atoms with van der Waals surface area (Å²) in [5, 5.41) is 11.7. The summed E-state index contributed by atoms with van der Waals surface area (Å²) in [7, 11) is -3.42. The molecule has 1 atom stereocenters. The van der Waals surface area contributed by atoms with Gasteiger partial charge in [0.15, 0.2) is 6.10 Å². The second-order valence-corrected chi connectivity index (χ2v) is 8.33. The Balaban J connectivity index is 1.74. The van der Waals surface area contributed by atoms with E-state index in [2.05, 4.69) is 4.72 Å². The van der Waals surface area contributed by atoms with E-state index >= 15 is 0 Å². The molecule has 3 aromatic carbocycles. The Morgan fingerprint density at radius 3 is 2.17 bits per heavy atom. The number of ether oxygens (including phenoxy) is 1. The Bertz CT molecular complexity index is 1190. The van der Waals surface area contributed by atoms with E-state index in [1.807, 2.05) is 12.1 Å². The molecule has 0 aliphatic heterocycles. The lowest BCUT2D eigenvalue weighted by atomic mass is 10.1. The molecular formula is C21H19NO6S. The highest BCUT2D eigenvalue weighted by Crippen LogP contribution is 2.26. The van der Waals surface area contributed by atoms with Crippen molar-refractivity contribution in [3.05, 3.63) is 71.8 Å². The molecule has 0 saturated heterocycles. The molecule has 0 bridgehead atoms. The van der Waals surface area contributed by atoms with Gasteiger partial charge in [0.1, 0.15) is 11.3 Å². The largest absolute Gasteiger partial charge is 0.507 e. The van der Waals surface area contributed by atoms with E-state index in [9.17, 15) is 23.1 Å². The summed E-state index contributed by atoms with van der Waals surface area (Å²) in [4.78, 5) is 25.0. The minimum atomic E-state index is -3.42. The number of phenolic OH excluding ortho intramolecular Hbond substituents is 1. The molecule has 0 heterocycles. The fraction of sp³-hybridized carbons (Fsp3) is 0.143. The molecule has 0 spiro atoms. The number of nitrogens with one attached hydrogen (secondary N) is 1. The number of anilines is 1. The molecule has 0 aliphatic carbocycles. The van der Waals surface area contributed by atoms with Crippen LogP contribution in [0.1, 0.15) is 27.6 Å². The smallest absolute Gasteiger partial charge is 0.342 e. The topological polar surface area (TPSA) is 110 Å². The highest BCUT2D eigenvalue weighted by Gasteiger charge is 2.22. The van der Waals surface area contributed by atoms with E-state index in [0.717, 1.165) is 17.0 Å². The minimum absolute atomic E-state index is 0.0314. The normalized spacial score (nSPS) is 12.3. The second kappa shape index (κ2) is 7.92. The van der Waals surface area contributed by atoms with Gasteiger partial charge in [-0.05, 0) is 54.1 Å². The van der Waals surface area contributed by atoms with Crippen molar-refractivity contribution in [2.75, 3.05) is 11.0 Å². The van der Waals surface area contributed by atoms with Gasteiger partial charge in [0, 0.05) is 11.3 Å². The van der Waals surface area contributed by atoms with Gasteiger partial charge in [-0.1, -0.05) is 24.3 Å². The molecule has 0 fully saturated rings. The van der Waals surface area contributed by atoms with Crippen LogP contribution in [0.25, 0.3) is 10.8 Å².